The minimum atomic E-state index is -0.506. The number of rotatable bonds is 7. The number of methoxy groups -OCH3 is 1. The summed E-state index contributed by atoms with van der Waals surface area (Å²) in [4.78, 5) is 29.1. The summed E-state index contributed by atoms with van der Waals surface area (Å²) >= 11 is 9.94. The molecule has 0 aliphatic heterocycles. The Morgan fingerprint density at radius 2 is 1.72 bits per heavy atom. The van der Waals surface area contributed by atoms with Gasteiger partial charge in [0.2, 0.25) is 0 Å². The number of ether oxygens (including phenoxy) is 2. The molecule has 0 aliphatic carbocycles. The number of hydrogen-bond donors (Lipinski definition) is 2. The van der Waals surface area contributed by atoms with Crippen molar-refractivity contribution in [2.24, 2.45) is 5.10 Å². The van der Waals surface area contributed by atoms with Crippen LogP contribution >= 0.6 is 27.5 Å². The fourth-order valence-corrected chi connectivity index (χ4v) is 4.75. The third-order valence-electron chi connectivity index (χ3n) is 5.94. The van der Waals surface area contributed by atoms with E-state index in [0.717, 1.165) is 9.86 Å². The Kier molecular flexibility index (Phi) is 7.76. The molecule has 0 radical (unpaired) electrons. The van der Waals surface area contributed by atoms with Gasteiger partial charge in [0.05, 0.1) is 24.4 Å². The first-order valence-electron chi connectivity index (χ1n) is 11.8. The Morgan fingerprint density at radius 3 is 2.49 bits per heavy atom. The highest BCUT2D eigenvalue weighted by molar-refractivity contribution is 9.10. The molecule has 2 N–H and O–H groups in total. The van der Waals surface area contributed by atoms with Gasteiger partial charge in [-0.25, -0.2) is 10.2 Å². The van der Waals surface area contributed by atoms with Crippen molar-refractivity contribution in [3.8, 4) is 22.6 Å². The molecule has 5 rings (SSSR count). The van der Waals surface area contributed by atoms with Crippen molar-refractivity contribution in [1.82, 2.24) is 10.4 Å². The summed E-state index contributed by atoms with van der Waals surface area (Å²) < 4.78 is 11.8. The number of carbonyl (C=O) groups excluding carboxylic acids is 2. The quantitative estimate of drug-likeness (QED) is 0.0889. The van der Waals surface area contributed by atoms with Gasteiger partial charge in [-0.15, -0.1) is 0 Å². The molecular formula is C30H21BrClN3O4. The first-order valence-corrected chi connectivity index (χ1v) is 13.0. The van der Waals surface area contributed by atoms with Crippen LogP contribution in [-0.2, 0) is 0 Å². The molecule has 0 saturated heterocycles. The van der Waals surface area contributed by atoms with Crippen LogP contribution in [0.2, 0.25) is 5.02 Å². The molecule has 1 amide bonds. The van der Waals surface area contributed by atoms with Crippen molar-refractivity contribution in [3.63, 3.8) is 0 Å². The number of benzene rings is 4. The normalized spacial score (nSPS) is 11.1. The molecule has 0 aliphatic rings. The number of para-hydroxylation sites is 1. The van der Waals surface area contributed by atoms with Crippen LogP contribution in [0.25, 0.3) is 22.0 Å². The van der Waals surface area contributed by atoms with Crippen LogP contribution in [0.3, 0.4) is 0 Å². The van der Waals surface area contributed by atoms with E-state index in [1.54, 1.807) is 61.7 Å². The summed E-state index contributed by atoms with van der Waals surface area (Å²) in [5, 5.41) is 5.42. The Bertz CT molecular complexity index is 1720. The molecule has 194 valence electrons. The van der Waals surface area contributed by atoms with Crippen molar-refractivity contribution in [2.75, 3.05) is 7.11 Å². The molecule has 0 atom stereocenters. The maximum atomic E-state index is 13.4. The molecule has 7 nitrogen and oxygen atoms in total. The molecule has 0 saturated carbocycles. The summed E-state index contributed by atoms with van der Waals surface area (Å²) in [6.07, 6.45) is 1.41. The number of fused-ring (bicyclic) bond motifs is 1. The number of hydrazone groups is 1. The van der Waals surface area contributed by atoms with Gasteiger partial charge in [-0.1, -0.05) is 76.1 Å². The zero-order valence-corrected chi connectivity index (χ0v) is 22.9. The third-order valence-corrected chi connectivity index (χ3v) is 6.76. The van der Waals surface area contributed by atoms with Gasteiger partial charge in [-0.05, 0) is 42.5 Å². The number of nitrogens with one attached hydrogen (secondary N) is 2. The SMILES string of the molecule is COc1cccc2c(-c3ccccc3Cl)c(C(=O)NN=Cc3cc(Br)ccc3OC(=O)c3ccccc3)[nH]c12. The summed E-state index contributed by atoms with van der Waals surface area (Å²) in [5.74, 6) is -0.121. The van der Waals surface area contributed by atoms with E-state index in [4.69, 9.17) is 21.1 Å². The predicted molar refractivity (Wildman–Crippen MR) is 156 cm³/mol. The van der Waals surface area contributed by atoms with E-state index in [0.29, 0.717) is 38.5 Å². The fourth-order valence-electron chi connectivity index (χ4n) is 4.14. The van der Waals surface area contributed by atoms with Gasteiger partial charge in [0.15, 0.2) is 0 Å². The molecule has 1 aromatic heterocycles. The van der Waals surface area contributed by atoms with Crippen LogP contribution in [0, 0.1) is 0 Å². The van der Waals surface area contributed by atoms with Gasteiger partial charge in [0.25, 0.3) is 5.91 Å². The second kappa shape index (κ2) is 11.6. The Morgan fingerprint density at radius 1 is 0.949 bits per heavy atom. The van der Waals surface area contributed by atoms with E-state index >= 15 is 0 Å². The number of esters is 1. The molecule has 0 bridgehead atoms. The first kappa shape index (κ1) is 26.2. The lowest BCUT2D eigenvalue weighted by atomic mass is 10.0. The molecular weight excluding hydrogens is 582 g/mol. The number of aromatic nitrogens is 1. The second-order valence-electron chi connectivity index (χ2n) is 8.37. The highest BCUT2D eigenvalue weighted by Gasteiger charge is 2.22. The van der Waals surface area contributed by atoms with Gasteiger partial charge in [-0.3, -0.25) is 4.79 Å². The van der Waals surface area contributed by atoms with Gasteiger partial charge >= 0.3 is 5.97 Å². The molecule has 0 fully saturated rings. The Labute approximate surface area is 237 Å². The third kappa shape index (κ3) is 5.57. The standard InChI is InChI=1S/C30H21BrClN3O4/c1-38-25-13-7-11-22-26(21-10-5-6-12-23(21)32)28(34-27(22)25)29(36)35-33-17-19-16-20(31)14-15-24(19)39-30(37)18-8-3-2-4-9-18/h2-17,34H,1H3,(H,35,36). The lowest BCUT2D eigenvalue weighted by Crippen LogP contribution is -2.19. The van der Waals surface area contributed by atoms with Crippen LogP contribution in [0.5, 0.6) is 11.5 Å². The van der Waals surface area contributed by atoms with Crippen molar-refractivity contribution < 1.29 is 19.1 Å². The summed E-state index contributed by atoms with van der Waals surface area (Å²) in [5.41, 5.74) is 5.71. The molecule has 9 heteroatoms. The average molecular weight is 603 g/mol. The zero-order chi connectivity index (χ0) is 27.4. The number of halogens is 2. The number of hydrogen-bond acceptors (Lipinski definition) is 5. The van der Waals surface area contributed by atoms with Gasteiger partial charge in [-0.2, -0.15) is 5.10 Å². The highest BCUT2D eigenvalue weighted by atomic mass is 79.9. The number of amides is 1. The molecule has 39 heavy (non-hydrogen) atoms. The highest BCUT2D eigenvalue weighted by Crippen LogP contribution is 2.39. The molecule has 4 aromatic carbocycles. The minimum absolute atomic E-state index is 0.268. The number of nitrogens with zero attached hydrogens (tertiary/aromatic N) is 1. The molecule has 1 heterocycles. The first-order chi connectivity index (χ1) is 19.0. The molecule has 0 unspecified atom stereocenters. The summed E-state index contributed by atoms with van der Waals surface area (Å²) in [6.45, 7) is 0. The van der Waals surface area contributed by atoms with E-state index < -0.39 is 11.9 Å². The summed E-state index contributed by atoms with van der Waals surface area (Å²) in [7, 11) is 1.56. The van der Waals surface area contributed by atoms with Crippen molar-refractivity contribution >= 4 is 56.5 Å². The maximum Gasteiger partial charge on any atom is 0.343 e. The topological polar surface area (TPSA) is 92.8 Å². The lowest BCUT2D eigenvalue weighted by molar-refractivity contribution is 0.0734. The van der Waals surface area contributed by atoms with E-state index in [1.165, 1.54) is 6.21 Å². The fraction of sp³-hybridized carbons (Fsp3) is 0.0333. The number of aromatic amines is 1. The molecule has 5 aromatic rings. The van der Waals surface area contributed by atoms with Crippen molar-refractivity contribution in [3.05, 3.63) is 117 Å². The van der Waals surface area contributed by atoms with Gasteiger partial charge in [0.1, 0.15) is 17.2 Å². The summed E-state index contributed by atoms with van der Waals surface area (Å²) in [6, 6.07) is 26.6. The van der Waals surface area contributed by atoms with Crippen LogP contribution in [0.15, 0.2) is 101 Å². The van der Waals surface area contributed by atoms with E-state index in [1.807, 2.05) is 36.4 Å². The smallest absolute Gasteiger partial charge is 0.343 e. The molecule has 0 spiro atoms. The van der Waals surface area contributed by atoms with E-state index in [9.17, 15) is 9.59 Å². The van der Waals surface area contributed by atoms with Crippen LogP contribution in [-0.4, -0.2) is 30.2 Å². The number of H-pyrrole nitrogens is 1. The van der Waals surface area contributed by atoms with Gasteiger partial charge in [0, 0.05) is 31.6 Å². The van der Waals surface area contributed by atoms with Crippen LogP contribution in [0.1, 0.15) is 26.4 Å². The maximum absolute atomic E-state index is 13.4. The second-order valence-corrected chi connectivity index (χ2v) is 9.70. The van der Waals surface area contributed by atoms with Gasteiger partial charge < -0.3 is 14.5 Å². The largest absolute Gasteiger partial charge is 0.495 e. The van der Waals surface area contributed by atoms with Crippen LogP contribution in [0.4, 0.5) is 0 Å². The lowest BCUT2D eigenvalue weighted by Gasteiger charge is -2.08. The zero-order valence-electron chi connectivity index (χ0n) is 20.6. The monoisotopic (exact) mass is 601 g/mol. The van der Waals surface area contributed by atoms with Crippen molar-refractivity contribution in [2.45, 2.75) is 0 Å². The Balaban J connectivity index is 1.46. The van der Waals surface area contributed by atoms with E-state index in [-0.39, 0.29) is 11.4 Å². The van der Waals surface area contributed by atoms with Crippen LogP contribution < -0.4 is 14.9 Å². The average Bonchev–Trinajstić information content (AvgIpc) is 3.35. The predicted octanol–water partition coefficient (Wildman–Crippen LogP) is 7.24. The minimum Gasteiger partial charge on any atom is -0.495 e. The van der Waals surface area contributed by atoms with Crippen molar-refractivity contribution in [1.29, 1.82) is 0 Å². The van der Waals surface area contributed by atoms with E-state index in [2.05, 4.69) is 31.4 Å². The number of carbonyl (C=O) groups is 2. The Hall–Kier alpha value is -4.40.